The van der Waals surface area contributed by atoms with E-state index in [4.69, 9.17) is 5.73 Å². The van der Waals surface area contributed by atoms with Crippen LogP contribution in [0.5, 0.6) is 0 Å². The van der Waals surface area contributed by atoms with E-state index in [2.05, 4.69) is 10.6 Å². The lowest BCUT2D eigenvalue weighted by Crippen LogP contribution is -2.38. The number of hydrogen-bond acceptors (Lipinski definition) is 2. The van der Waals surface area contributed by atoms with Crippen LogP contribution in [0.3, 0.4) is 0 Å². The van der Waals surface area contributed by atoms with Gasteiger partial charge in [0.1, 0.15) is 0 Å². The van der Waals surface area contributed by atoms with Gasteiger partial charge in [0.25, 0.3) is 0 Å². The van der Waals surface area contributed by atoms with Gasteiger partial charge in [0.15, 0.2) is 0 Å². The summed E-state index contributed by atoms with van der Waals surface area (Å²) in [4.78, 5) is 11.5. The summed E-state index contributed by atoms with van der Waals surface area (Å²) >= 11 is 0. The van der Waals surface area contributed by atoms with Crippen LogP contribution in [0, 0.1) is 0 Å². The molecular formula is C12H17N3O. The molecule has 86 valence electrons. The highest BCUT2D eigenvalue weighted by Gasteiger charge is 2.23. The summed E-state index contributed by atoms with van der Waals surface area (Å²) in [5, 5.41) is 5.78. The van der Waals surface area contributed by atoms with E-state index in [0.717, 1.165) is 18.4 Å². The predicted octanol–water partition coefficient (Wildman–Crippen LogP) is 1.79. The average Bonchev–Trinajstić information content (AvgIpc) is 3.01. The third-order valence-corrected chi connectivity index (χ3v) is 2.67. The monoisotopic (exact) mass is 219 g/mol. The lowest BCUT2D eigenvalue weighted by atomic mass is 10.1. The fourth-order valence-electron chi connectivity index (χ4n) is 1.56. The van der Waals surface area contributed by atoms with Gasteiger partial charge in [0.05, 0.1) is 6.04 Å². The summed E-state index contributed by atoms with van der Waals surface area (Å²) in [5.74, 6) is 0. The van der Waals surface area contributed by atoms with Gasteiger partial charge in [-0.15, -0.1) is 0 Å². The fourth-order valence-corrected chi connectivity index (χ4v) is 1.56. The maximum Gasteiger partial charge on any atom is 0.315 e. The summed E-state index contributed by atoms with van der Waals surface area (Å²) in [6.07, 6.45) is 2.19. The number of amides is 2. The van der Waals surface area contributed by atoms with Crippen LogP contribution in [0.25, 0.3) is 0 Å². The molecule has 1 aliphatic rings. The second kappa shape index (κ2) is 4.43. The van der Waals surface area contributed by atoms with Crippen molar-refractivity contribution in [3.63, 3.8) is 0 Å². The Morgan fingerprint density at radius 2 is 2.25 bits per heavy atom. The maximum atomic E-state index is 11.5. The van der Waals surface area contributed by atoms with Gasteiger partial charge in [-0.1, -0.05) is 12.1 Å². The first kappa shape index (κ1) is 10.8. The van der Waals surface area contributed by atoms with Crippen LogP contribution in [-0.4, -0.2) is 12.1 Å². The van der Waals surface area contributed by atoms with E-state index in [0.29, 0.717) is 11.7 Å². The first-order valence-corrected chi connectivity index (χ1v) is 5.57. The van der Waals surface area contributed by atoms with Crippen molar-refractivity contribution in [2.75, 3.05) is 5.73 Å². The van der Waals surface area contributed by atoms with Crippen molar-refractivity contribution in [2.45, 2.75) is 31.8 Å². The average molecular weight is 219 g/mol. The highest BCUT2D eigenvalue weighted by atomic mass is 16.2. The van der Waals surface area contributed by atoms with Gasteiger partial charge in [-0.3, -0.25) is 0 Å². The van der Waals surface area contributed by atoms with Crippen LogP contribution < -0.4 is 16.4 Å². The van der Waals surface area contributed by atoms with Gasteiger partial charge in [0, 0.05) is 11.7 Å². The minimum absolute atomic E-state index is 0.0257. The van der Waals surface area contributed by atoms with Crippen LogP contribution in [0.1, 0.15) is 31.4 Å². The molecule has 1 saturated carbocycles. The molecule has 0 bridgehead atoms. The van der Waals surface area contributed by atoms with Gasteiger partial charge in [-0.2, -0.15) is 0 Å². The highest BCUT2D eigenvalue weighted by Crippen LogP contribution is 2.19. The van der Waals surface area contributed by atoms with Gasteiger partial charge in [0.2, 0.25) is 0 Å². The molecule has 1 atom stereocenters. The number of hydrogen-bond donors (Lipinski definition) is 3. The molecule has 1 aromatic rings. The highest BCUT2D eigenvalue weighted by molar-refractivity contribution is 5.75. The van der Waals surface area contributed by atoms with Crippen LogP contribution in [0.4, 0.5) is 10.5 Å². The molecule has 4 nitrogen and oxygen atoms in total. The molecule has 1 unspecified atom stereocenters. The number of carbonyl (C=O) groups is 1. The van der Waals surface area contributed by atoms with Crippen LogP contribution in [0.2, 0.25) is 0 Å². The van der Waals surface area contributed by atoms with Crippen molar-refractivity contribution in [3.8, 4) is 0 Å². The molecule has 4 N–H and O–H groups in total. The minimum Gasteiger partial charge on any atom is -0.399 e. The fraction of sp³-hybridized carbons (Fsp3) is 0.417. The first-order chi connectivity index (χ1) is 7.65. The number of urea groups is 1. The van der Waals surface area contributed by atoms with E-state index in [1.54, 1.807) is 0 Å². The Hall–Kier alpha value is -1.71. The molecule has 0 spiro atoms. The largest absolute Gasteiger partial charge is 0.399 e. The molecule has 0 aliphatic heterocycles. The summed E-state index contributed by atoms with van der Waals surface area (Å²) in [6, 6.07) is 7.82. The number of nitrogen functional groups attached to an aromatic ring is 1. The van der Waals surface area contributed by atoms with E-state index >= 15 is 0 Å². The second-order valence-electron chi connectivity index (χ2n) is 4.28. The van der Waals surface area contributed by atoms with Crippen LogP contribution in [-0.2, 0) is 0 Å². The normalized spacial score (nSPS) is 16.6. The van der Waals surface area contributed by atoms with Gasteiger partial charge >= 0.3 is 6.03 Å². The number of benzene rings is 1. The van der Waals surface area contributed by atoms with Crippen molar-refractivity contribution in [3.05, 3.63) is 29.8 Å². The quantitative estimate of drug-likeness (QED) is 0.678. The Bertz CT molecular complexity index is 388. The zero-order valence-corrected chi connectivity index (χ0v) is 9.36. The predicted molar refractivity (Wildman–Crippen MR) is 64.0 cm³/mol. The van der Waals surface area contributed by atoms with E-state index < -0.39 is 0 Å². The zero-order valence-electron chi connectivity index (χ0n) is 9.36. The SMILES string of the molecule is CC(NC(=O)NC1CC1)c1cccc(N)c1. The Kier molecular flexibility index (Phi) is 2.99. The van der Waals surface area contributed by atoms with Crippen molar-refractivity contribution in [1.82, 2.24) is 10.6 Å². The van der Waals surface area contributed by atoms with E-state index in [9.17, 15) is 4.79 Å². The molecular weight excluding hydrogens is 202 g/mol. The molecule has 2 rings (SSSR count). The molecule has 1 aromatic carbocycles. The molecule has 0 aromatic heterocycles. The Morgan fingerprint density at radius 3 is 2.88 bits per heavy atom. The van der Waals surface area contributed by atoms with Crippen LogP contribution >= 0.6 is 0 Å². The third-order valence-electron chi connectivity index (χ3n) is 2.67. The Labute approximate surface area is 95.2 Å². The molecule has 2 amide bonds. The van der Waals surface area contributed by atoms with Crippen LogP contribution in [0.15, 0.2) is 24.3 Å². The van der Waals surface area contributed by atoms with E-state index in [1.165, 1.54) is 0 Å². The number of nitrogens with two attached hydrogens (primary N) is 1. The van der Waals surface area contributed by atoms with Gasteiger partial charge < -0.3 is 16.4 Å². The third kappa shape index (κ3) is 2.89. The van der Waals surface area contributed by atoms with Crippen molar-refractivity contribution in [1.29, 1.82) is 0 Å². The lowest BCUT2D eigenvalue weighted by molar-refractivity contribution is 0.237. The molecule has 0 radical (unpaired) electrons. The maximum absolute atomic E-state index is 11.5. The zero-order chi connectivity index (χ0) is 11.5. The molecule has 1 fully saturated rings. The molecule has 0 saturated heterocycles. The number of anilines is 1. The summed E-state index contributed by atoms with van der Waals surface area (Å²) in [5.41, 5.74) is 7.43. The molecule has 4 heteroatoms. The molecule has 1 aliphatic carbocycles. The lowest BCUT2D eigenvalue weighted by Gasteiger charge is -2.15. The number of carbonyl (C=O) groups excluding carboxylic acids is 1. The van der Waals surface area contributed by atoms with Gasteiger partial charge in [-0.25, -0.2) is 4.79 Å². The molecule has 0 heterocycles. The summed E-state index contributed by atoms with van der Waals surface area (Å²) in [7, 11) is 0. The Morgan fingerprint density at radius 1 is 1.50 bits per heavy atom. The number of rotatable bonds is 3. The van der Waals surface area contributed by atoms with Crippen molar-refractivity contribution < 1.29 is 4.79 Å². The topological polar surface area (TPSA) is 67.2 Å². The summed E-state index contributed by atoms with van der Waals surface area (Å²) < 4.78 is 0. The van der Waals surface area contributed by atoms with Gasteiger partial charge in [-0.05, 0) is 37.5 Å². The Balaban J connectivity index is 1.91. The van der Waals surface area contributed by atoms with Crippen molar-refractivity contribution >= 4 is 11.7 Å². The summed E-state index contributed by atoms with van der Waals surface area (Å²) in [6.45, 7) is 1.95. The first-order valence-electron chi connectivity index (χ1n) is 5.57. The smallest absolute Gasteiger partial charge is 0.315 e. The molecule has 16 heavy (non-hydrogen) atoms. The second-order valence-corrected chi connectivity index (χ2v) is 4.28. The van der Waals surface area contributed by atoms with Crippen molar-refractivity contribution in [2.24, 2.45) is 0 Å². The van der Waals surface area contributed by atoms with E-state index in [-0.39, 0.29) is 12.1 Å². The standard InChI is InChI=1S/C12H17N3O/c1-8(9-3-2-4-10(13)7-9)14-12(16)15-11-5-6-11/h2-4,7-8,11H,5-6,13H2,1H3,(H2,14,15,16). The minimum atomic E-state index is -0.0996. The van der Waals surface area contributed by atoms with E-state index in [1.807, 2.05) is 31.2 Å². The number of nitrogens with one attached hydrogen (secondary N) is 2.